The van der Waals surface area contributed by atoms with Crippen molar-refractivity contribution in [1.82, 2.24) is 9.80 Å². The zero-order chi connectivity index (χ0) is 23.3. The Kier molecular flexibility index (Phi) is 6.21. The number of benzene rings is 4. The van der Waals surface area contributed by atoms with Gasteiger partial charge in [0.2, 0.25) is 0 Å². The minimum atomic E-state index is 0.00278. The van der Waals surface area contributed by atoms with Gasteiger partial charge in [0, 0.05) is 37.3 Å². The van der Waals surface area contributed by atoms with Crippen LogP contribution < -0.4 is 0 Å². The van der Waals surface area contributed by atoms with Crippen LogP contribution in [-0.4, -0.2) is 21.6 Å². The van der Waals surface area contributed by atoms with E-state index in [0.717, 1.165) is 22.3 Å². The number of fused-ring (bicyclic) bond motifs is 2. The molecule has 4 nitrogen and oxygen atoms in total. The number of nitrogens with zero attached hydrogens (tertiary/aromatic N) is 2. The molecule has 0 radical (unpaired) electrons. The second kappa shape index (κ2) is 9.75. The smallest absolute Gasteiger partial charge is 0.254 e. The Bertz CT molecular complexity index is 1150. The van der Waals surface area contributed by atoms with Crippen LogP contribution in [0.3, 0.4) is 0 Å². The Hall–Kier alpha value is -4.18. The first kappa shape index (κ1) is 21.7. The summed E-state index contributed by atoms with van der Waals surface area (Å²) in [5.41, 5.74) is 5.56. The second-order valence-corrected chi connectivity index (χ2v) is 8.59. The molecule has 0 N–H and O–H groups in total. The highest BCUT2D eigenvalue weighted by atomic mass is 16.2. The van der Waals surface area contributed by atoms with E-state index in [2.05, 4.69) is 24.3 Å². The van der Waals surface area contributed by atoms with E-state index in [9.17, 15) is 9.59 Å². The molecule has 0 saturated heterocycles. The normalized spacial score (nSPS) is 13.5. The molecule has 5 rings (SSSR count). The predicted octanol–water partition coefficient (Wildman–Crippen LogP) is 5.69. The molecule has 2 amide bonds. The third kappa shape index (κ3) is 4.62. The molecule has 0 unspecified atom stereocenters. The quantitative estimate of drug-likeness (QED) is 0.397. The Morgan fingerprint density at radius 1 is 0.412 bits per heavy atom. The van der Waals surface area contributed by atoms with Crippen LogP contribution in [0.25, 0.3) is 0 Å². The fourth-order valence-electron chi connectivity index (χ4n) is 4.48. The van der Waals surface area contributed by atoms with Crippen LogP contribution in [-0.2, 0) is 26.2 Å². The summed E-state index contributed by atoms with van der Waals surface area (Å²) >= 11 is 0. The molecule has 0 atom stereocenters. The summed E-state index contributed by atoms with van der Waals surface area (Å²) in [4.78, 5) is 30.8. The molecule has 1 heterocycles. The molecule has 34 heavy (non-hydrogen) atoms. The highest BCUT2D eigenvalue weighted by molar-refractivity contribution is 5.95. The van der Waals surface area contributed by atoms with E-state index in [0.29, 0.717) is 37.3 Å². The lowest BCUT2D eigenvalue weighted by molar-refractivity contribution is 0.0698. The minimum Gasteiger partial charge on any atom is -0.330 e. The Morgan fingerprint density at radius 2 is 0.676 bits per heavy atom. The van der Waals surface area contributed by atoms with Crippen LogP contribution in [0.5, 0.6) is 0 Å². The SMILES string of the molecule is O=C(c1ccccc1)N1Cc2ccccc2CN(C(=O)c2ccccc2)Cc2ccccc2C1. The highest BCUT2D eigenvalue weighted by Gasteiger charge is 2.24. The third-order valence-electron chi connectivity index (χ3n) is 6.30. The maximum Gasteiger partial charge on any atom is 0.254 e. The topological polar surface area (TPSA) is 40.6 Å². The first-order valence-electron chi connectivity index (χ1n) is 11.5. The van der Waals surface area contributed by atoms with Crippen LogP contribution in [0, 0.1) is 0 Å². The molecule has 4 aromatic carbocycles. The van der Waals surface area contributed by atoms with Crippen molar-refractivity contribution in [2.75, 3.05) is 0 Å². The number of hydrogen-bond donors (Lipinski definition) is 0. The number of rotatable bonds is 2. The van der Waals surface area contributed by atoms with E-state index in [1.165, 1.54) is 0 Å². The summed E-state index contributed by atoms with van der Waals surface area (Å²) in [7, 11) is 0. The molecule has 0 spiro atoms. The zero-order valence-electron chi connectivity index (χ0n) is 18.9. The first-order valence-corrected chi connectivity index (χ1v) is 11.5. The number of carbonyl (C=O) groups excluding carboxylic acids is 2. The van der Waals surface area contributed by atoms with Gasteiger partial charge in [-0.1, -0.05) is 84.9 Å². The molecule has 4 heteroatoms. The minimum absolute atomic E-state index is 0.00278. The highest BCUT2D eigenvalue weighted by Crippen LogP contribution is 2.24. The van der Waals surface area contributed by atoms with Gasteiger partial charge < -0.3 is 9.80 Å². The molecule has 0 aromatic heterocycles. The molecule has 0 aliphatic carbocycles. The summed E-state index contributed by atoms with van der Waals surface area (Å²) in [5.74, 6) is 0.00555. The van der Waals surface area contributed by atoms with Crippen molar-refractivity contribution in [3.8, 4) is 0 Å². The van der Waals surface area contributed by atoms with Gasteiger partial charge in [-0.3, -0.25) is 9.59 Å². The molecule has 1 aliphatic heterocycles. The maximum atomic E-state index is 13.5. The third-order valence-corrected chi connectivity index (χ3v) is 6.30. The molecular formula is C30H26N2O2. The average Bonchev–Trinajstić information content (AvgIpc) is 2.90. The van der Waals surface area contributed by atoms with E-state index in [-0.39, 0.29) is 11.8 Å². The Morgan fingerprint density at radius 3 is 0.971 bits per heavy atom. The number of carbonyl (C=O) groups is 2. The van der Waals surface area contributed by atoms with Gasteiger partial charge in [-0.05, 0) is 46.5 Å². The first-order chi connectivity index (χ1) is 16.7. The Labute approximate surface area is 200 Å². The van der Waals surface area contributed by atoms with Crippen molar-refractivity contribution in [3.63, 3.8) is 0 Å². The van der Waals surface area contributed by atoms with Gasteiger partial charge in [-0.2, -0.15) is 0 Å². The molecule has 0 saturated carbocycles. The van der Waals surface area contributed by atoms with Crippen molar-refractivity contribution >= 4 is 11.8 Å². The largest absolute Gasteiger partial charge is 0.330 e. The molecule has 168 valence electrons. The summed E-state index contributed by atoms with van der Waals surface area (Å²) in [6, 6.07) is 35.0. The van der Waals surface area contributed by atoms with Gasteiger partial charge in [0.05, 0.1) is 0 Å². The lowest BCUT2D eigenvalue weighted by atomic mass is 10.0. The van der Waals surface area contributed by atoms with Crippen molar-refractivity contribution < 1.29 is 9.59 Å². The van der Waals surface area contributed by atoms with Gasteiger partial charge in [-0.25, -0.2) is 0 Å². The van der Waals surface area contributed by atoms with Gasteiger partial charge >= 0.3 is 0 Å². The number of hydrogen-bond acceptors (Lipinski definition) is 2. The molecule has 1 aliphatic rings. The van der Waals surface area contributed by atoms with Crippen LogP contribution in [0.2, 0.25) is 0 Å². The zero-order valence-corrected chi connectivity index (χ0v) is 18.9. The van der Waals surface area contributed by atoms with Crippen molar-refractivity contribution in [3.05, 3.63) is 143 Å². The lowest BCUT2D eigenvalue weighted by Gasteiger charge is -2.31. The molecular weight excluding hydrogens is 420 g/mol. The van der Waals surface area contributed by atoms with Gasteiger partial charge in [0.15, 0.2) is 0 Å². The fourth-order valence-corrected chi connectivity index (χ4v) is 4.48. The van der Waals surface area contributed by atoms with Crippen LogP contribution in [0.4, 0.5) is 0 Å². The van der Waals surface area contributed by atoms with Crippen molar-refractivity contribution in [2.24, 2.45) is 0 Å². The van der Waals surface area contributed by atoms with Gasteiger partial charge in [0.1, 0.15) is 0 Å². The number of amides is 2. The second-order valence-electron chi connectivity index (χ2n) is 8.59. The summed E-state index contributed by atoms with van der Waals surface area (Å²) in [6.07, 6.45) is 0. The predicted molar refractivity (Wildman–Crippen MR) is 133 cm³/mol. The van der Waals surface area contributed by atoms with E-state index in [1.54, 1.807) is 0 Å². The molecule has 0 bridgehead atoms. The average molecular weight is 447 g/mol. The summed E-state index contributed by atoms with van der Waals surface area (Å²) in [6.45, 7) is 1.91. The van der Waals surface area contributed by atoms with Gasteiger partial charge in [-0.15, -0.1) is 0 Å². The van der Waals surface area contributed by atoms with Crippen LogP contribution in [0.1, 0.15) is 43.0 Å². The summed E-state index contributed by atoms with van der Waals surface area (Å²) in [5, 5.41) is 0. The van der Waals surface area contributed by atoms with E-state index >= 15 is 0 Å². The van der Waals surface area contributed by atoms with Gasteiger partial charge in [0.25, 0.3) is 11.8 Å². The standard InChI is InChI=1S/C30H26N2O2/c33-29(23-11-3-1-4-12-23)31-19-25-15-7-9-17-27(25)21-32(30(34)24-13-5-2-6-14-24)22-28-18-10-8-16-26(28)20-31/h1-18H,19-22H2. The molecule has 4 aromatic rings. The Balaban J connectivity index is 1.56. The van der Waals surface area contributed by atoms with Crippen LogP contribution >= 0.6 is 0 Å². The fraction of sp³-hybridized carbons (Fsp3) is 0.133. The van der Waals surface area contributed by atoms with E-state index in [4.69, 9.17) is 0 Å². The van der Waals surface area contributed by atoms with Crippen LogP contribution in [0.15, 0.2) is 109 Å². The van der Waals surface area contributed by atoms with E-state index < -0.39 is 0 Å². The van der Waals surface area contributed by atoms with Crippen molar-refractivity contribution in [2.45, 2.75) is 26.2 Å². The summed E-state index contributed by atoms with van der Waals surface area (Å²) < 4.78 is 0. The molecule has 0 fully saturated rings. The lowest BCUT2D eigenvalue weighted by Crippen LogP contribution is -2.35. The maximum absolute atomic E-state index is 13.5. The van der Waals surface area contributed by atoms with E-state index in [1.807, 2.05) is 94.7 Å². The monoisotopic (exact) mass is 446 g/mol. The van der Waals surface area contributed by atoms with Crippen molar-refractivity contribution in [1.29, 1.82) is 0 Å².